The van der Waals surface area contributed by atoms with Crippen molar-refractivity contribution in [3.05, 3.63) is 46.6 Å². The molecule has 0 bridgehead atoms. The lowest BCUT2D eigenvalue weighted by Gasteiger charge is -2.53. The number of benzene rings is 1. The molecule has 2 unspecified atom stereocenters. The maximum Gasteiger partial charge on any atom is 0.161 e. The molecule has 1 aromatic carbocycles. The summed E-state index contributed by atoms with van der Waals surface area (Å²) in [5.74, 6) is 9.17. The van der Waals surface area contributed by atoms with Crippen LogP contribution in [0.5, 0.6) is 11.5 Å². The maximum absolute atomic E-state index is 12.2. The van der Waals surface area contributed by atoms with Gasteiger partial charge in [0, 0.05) is 17.8 Å². The lowest BCUT2D eigenvalue weighted by atomic mass is 9.51. The van der Waals surface area contributed by atoms with Crippen molar-refractivity contribution in [1.82, 2.24) is 0 Å². The van der Waals surface area contributed by atoms with Gasteiger partial charge >= 0.3 is 0 Å². The Labute approximate surface area is 196 Å². The molecule has 0 amide bonds. The van der Waals surface area contributed by atoms with E-state index in [0.717, 1.165) is 50.0 Å². The minimum absolute atomic E-state index is 0.183. The van der Waals surface area contributed by atoms with Crippen molar-refractivity contribution in [1.29, 1.82) is 0 Å². The van der Waals surface area contributed by atoms with Gasteiger partial charge in [0.25, 0.3) is 0 Å². The second kappa shape index (κ2) is 7.50. The predicted octanol–water partition coefficient (Wildman–Crippen LogP) is 5.11. The number of hydrogen-bond donors (Lipinski definition) is 1. The second-order valence-electron chi connectivity index (χ2n) is 10.7. The highest BCUT2D eigenvalue weighted by molar-refractivity contribution is 5.93. The summed E-state index contributed by atoms with van der Waals surface area (Å²) < 4.78 is 11.7. The molecule has 0 saturated heterocycles. The van der Waals surface area contributed by atoms with E-state index in [-0.39, 0.29) is 17.1 Å². The molecule has 2 fully saturated rings. The van der Waals surface area contributed by atoms with E-state index in [1.54, 1.807) is 0 Å². The van der Waals surface area contributed by atoms with Gasteiger partial charge in [0.1, 0.15) is 18.8 Å². The summed E-state index contributed by atoms with van der Waals surface area (Å²) in [6.45, 7) is 5.26. The number of rotatable bonds is 1. The minimum Gasteiger partial charge on any atom is -0.486 e. The summed E-state index contributed by atoms with van der Waals surface area (Å²) in [5.41, 5.74) is 4.20. The van der Waals surface area contributed by atoms with Gasteiger partial charge in [-0.25, -0.2) is 0 Å². The Hall–Kier alpha value is -2.51. The summed E-state index contributed by atoms with van der Waals surface area (Å²) in [7, 11) is 0. The van der Waals surface area contributed by atoms with E-state index in [2.05, 4.69) is 30.9 Å². The quantitative estimate of drug-likeness (QED) is 0.612. The Kier molecular flexibility index (Phi) is 4.79. The third-order valence-corrected chi connectivity index (χ3v) is 9.19. The number of carbonyl (C=O) groups is 1. The first-order valence-corrected chi connectivity index (χ1v) is 12.5. The first kappa shape index (κ1) is 21.1. The van der Waals surface area contributed by atoms with Gasteiger partial charge in [-0.15, -0.1) is 5.92 Å². The molecule has 172 valence electrons. The molecule has 33 heavy (non-hydrogen) atoms. The third-order valence-electron chi connectivity index (χ3n) is 9.19. The van der Waals surface area contributed by atoms with Crippen molar-refractivity contribution in [3.8, 4) is 23.3 Å². The van der Waals surface area contributed by atoms with Crippen LogP contribution in [0.25, 0.3) is 0 Å². The number of aliphatic hydroxyl groups is 1. The number of allylic oxidation sites excluding steroid dienone is 4. The number of ketones is 1. The summed E-state index contributed by atoms with van der Waals surface area (Å²) in [5, 5.41) is 11.8. The topological polar surface area (TPSA) is 55.8 Å². The van der Waals surface area contributed by atoms with Gasteiger partial charge in [-0.3, -0.25) is 4.79 Å². The van der Waals surface area contributed by atoms with Gasteiger partial charge in [0.05, 0.1) is 0 Å². The SMILES string of the molecule is CC#CC1(O)CC[C@H]2[C@@H]3CCC4=CC(=O)CCC4=C3C(c3ccc4c(c3)OCCO4)C[C@@]21C. The van der Waals surface area contributed by atoms with E-state index in [0.29, 0.717) is 31.5 Å². The molecule has 0 radical (unpaired) electrons. The molecule has 5 atom stereocenters. The van der Waals surface area contributed by atoms with Crippen molar-refractivity contribution < 1.29 is 19.4 Å². The molecule has 1 heterocycles. The predicted molar refractivity (Wildman–Crippen MR) is 126 cm³/mol. The molecule has 2 saturated carbocycles. The first-order chi connectivity index (χ1) is 15.9. The van der Waals surface area contributed by atoms with Crippen LogP contribution in [-0.2, 0) is 4.79 Å². The van der Waals surface area contributed by atoms with Crippen molar-refractivity contribution >= 4 is 5.78 Å². The van der Waals surface area contributed by atoms with Gasteiger partial charge in [-0.2, -0.15) is 0 Å². The van der Waals surface area contributed by atoms with Gasteiger partial charge in [0.2, 0.25) is 0 Å². The molecule has 1 aromatic rings. The molecule has 1 N–H and O–H groups in total. The normalized spacial score (nSPS) is 36.8. The largest absolute Gasteiger partial charge is 0.486 e. The van der Waals surface area contributed by atoms with Crippen LogP contribution in [0.3, 0.4) is 0 Å². The van der Waals surface area contributed by atoms with Crippen LogP contribution < -0.4 is 9.47 Å². The monoisotopic (exact) mass is 444 g/mol. The third kappa shape index (κ3) is 3.05. The summed E-state index contributed by atoms with van der Waals surface area (Å²) in [6.07, 6.45) is 7.99. The number of hydrogen-bond acceptors (Lipinski definition) is 4. The van der Waals surface area contributed by atoms with Gasteiger partial charge in [0.15, 0.2) is 17.3 Å². The molecular formula is C29H32O4. The van der Waals surface area contributed by atoms with E-state index < -0.39 is 5.60 Å². The molecule has 0 spiro atoms. The zero-order chi connectivity index (χ0) is 22.8. The highest BCUT2D eigenvalue weighted by Crippen LogP contribution is 2.66. The molecule has 4 nitrogen and oxygen atoms in total. The van der Waals surface area contributed by atoms with Crippen LogP contribution in [0.2, 0.25) is 0 Å². The average molecular weight is 445 g/mol. The fourth-order valence-electron chi connectivity index (χ4n) is 7.65. The fraction of sp³-hybridized carbons (Fsp3) is 0.552. The Bertz CT molecular complexity index is 1150. The van der Waals surface area contributed by atoms with E-state index >= 15 is 0 Å². The molecular weight excluding hydrogens is 412 g/mol. The van der Waals surface area contributed by atoms with Gasteiger partial charge in [-0.1, -0.05) is 24.5 Å². The summed E-state index contributed by atoms with van der Waals surface area (Å²) >= 11 is 0. The van der Waals surface area contributed by atoms with Crippen LogP contribution in [0, 0.1) is 29.1 Å². The molecule has 0 aromatic heterocycles. The van der Waals surface area contributed by atoms with Crippen molar-refractivity contribution in [2.45, 2.75) is 70.3 Å². The molecule has 4 heteroatoms. The summed E-state index contributed by atoms with van der Waals surface area (Å²) in [6, 6.07) is 6.37. The summed E-state index contributed by atoms with van der Waals surface area (Å²) in [4.78, 5) is 12.2. The zero-order valence-electron chi connectivity index (χ0n) is 19.6. The van der Waals surface area contributed by atoms with Crippen LogP contribution >= 0.6 is 0 Å². The van der Waals surface area contributed by atoms with Crippen molar-refractivity contribution in [2.24, 2.45) is 17.3 Å². The number of fused-ring (bicyclic) bond motifs is 5. The van der Waals surface area contributed by atoms with E-state index in [1.807, 2.05) is 19.1 Å². The van der Waals surface area contributed by atoms with Crippen molar-refractivity contribution in [2.75, 3.05) is 13.2 Å². The average Bonchev–Trinajstić information content (AvgIpc) is 3.08. The fourth-order valence-corrected chi connectivity index (χ4v) is 7.65. The van der Waals surface area contributed by atoms with Gasteiger partial charge in [-0.05, 0) is 92.2 Å². The number of carbonyl (C=O) groups excluding carboxylic acids is 1. The lowest BCUT2D eigenvalue weighted by molar-refractivity contribution is -0.114. The van der Waals surface area contributed by atoms with E-state index in [9.17, 15) is 9.90 Å². The highest BCUT2D eigenvalue weighted by atomic mass is 16.6. The standard InChI is InChI=1S/C29H32O4/c1-3-11-29(31)12-10-24-22-7-4-18-15-20(30)6-8-21(18)27(22)23(17-28(24,29)2)19-5-9-25-26(16-19)33-14-13-32-25/h5,9,15-16,22-24,31H,4,6-8,10,12-14,17H2,1-2H3/t22-,23?,24-,28-,29?/m0/s1. The second-order valence-corrected chi connectivity index (χ2v) is 10.7. The Morgan fingerprint density at radius 1 is 1.09 bits per heavy atom. The highest BCUT2D eigenvalue weighted by Gasteiger charge is 2.62. The first-order valence-electron chi connectivity index (χ1n) is 12.5. The van der Waals surface area contributed by atoms with E-state index in [4.69, 9.17) is 9.47 Å². The molecule has 4 aliphatic carbocycles. The van der Waals surface area contributed by atoms with Crippen LogP contribution in [0.15, 0.2) is 41.0 Å². The Morgan fingerprint density at radius 3 is 2.73 bits per heavy atom. The smallest absolute Gasteiger partial charge is 0.161 e. The Morgan fingerprint density at radius 2 is 1.91 bits per heavy atom. The molecule has 5 aliphatic rings. The molecule has 6 rings (SSSR count). The van der Waals surface area contributed by atoms with Crippen LogP contribution in [-0.4, -0.2) is 29.7 Å². The van der Waals surface area contributed by atoms with Gasteiger partial charge < -0.3 is 14.6 Å². The Balaban J connectivity index is 1.53. The van der Waals surface area contributed by atoms with E-state index in [1.165, 1.54) is 22.3 Å². The maximum atomic E-state index is 12.2. The molecule has 1 aliphatic heterocycles. The zero-order valence-corrected chi connectivity index (χ0v) is 19.6. The minimum atomic E-state index is -0.951. The van der Waals surface area contributed by atoms with Crippen LogP contribution in [0.4, 0.5) is 0 Å². The lowest BCUT2D eigenvalue weighted by Crippen LogP contribution is -2.51. The van der Waals surface area contributed by atoms with Crippen molar-refractivity contribution in [3.63, 3.8) is 0 Å². The number of ether oxygens (including phenoxy) is 2. The van der Waals surface area contributed by atoms with Crippen LogP contribution in [0.1, 0.15) is 70.3 Å².